The van der Waals surface area contributed by atoms with Crippen LogP contribution >= 0.6 is 0 Å². The van der Waals surface area contributed by atoms with Gasteiger partial charge in [-0.25, -0.2) is 0 Å². The van der Waals surface area contributed by atoms with Crippen molar-refractivity contribution in [1.82, 2.24) is 0 Å². The summed E-state index contributed by atoms with van der Waals surface area (Å²) in [4.78, 5) is 0. The van der Waals surface area contributed by atoms with Gasteiger partial charge in [-0.3, -0.25) is 0 Å². The van der Waals surface area contributed by atoms with Crippen LogP contribution in [-0.2, 0) is 5.41 Å². The lowest BCUT2D eigenvalue weighted by Gasteiger charge is -2.18. The van der Waals surface area contributed by atoms with E-state index in [1.54, 1.807) is 0 Å². The van der Waals surface area contributed by atoms with Crippen LogP contribution in [-0.4, -0.2) is 0 Å². The minimum Gasteiger partial charge on any atom is -0.455 e. The summed E-state index contributed by atoms with van der Waals surface area (Å²) in [6, 6.07) is 37.4. The number of hydrogen-bond donors (Lipinski definition) is 0. The largest absolute Gasteiger partial charge is 0.455 e. The topological polar surface area (TPSA) is 13.1 Å². The van der Waals surface area contributed by atoms with Crippen LogP contribution in [0.1, 0.15) is 26.3 Å². The van der Waals surface area contributed by atoms with E-state index < -0.39 is 0 Å². The molecular formula is C34H26O. The summed E-state index contributed by atoms with van der Waals surface area (Å²) >= 11 is 0. The van der Waals surface area contributed by atoms with Gasteiger partial charge in [-0.05, 0) is 49.4 Å². The van der Waals surface area contributed by atoms with E-state index in [-0.39, 0.29) is 5.41 Å². The van der Waals surface area contributed by atoms with Crippen molar-refractivity contribution in [3.63, 3.8) is 0 Å². The summed E-state index contributed by atoms with van der Waals surface area (Å²) in [7, 11) is 0. The van der Waals surface area contributed by atoms with Gasteiger partial charge in [0.2, 0.25) is 0 Å². The monoisotopic (exact) mass is 450 g/mol. The van der Waals surface area contributed by atoms with Crippen molar-refractivity contribution >= 4 is 54.3 Å². The van der Waals surface area contributed by atoms with Crippen molar-refractivity contribution < 1.29 is 4.42 Å². The van der Waals surface area contributed by atoms with E-state index in [2.05, 4.69) is 124 Å². The highest BCUT2D eigenvalue weighted by molar-refractivity contribution is 6.26. The number of rotatable bonds is 1. The molecule has 0 atom stereocenters. The molecule has 0 bridgehead atoms. The Hall–Kier alpha value is -4.10. The lowest BCUT2D eigenvalue weighted by molar-refractivity contribution is 0.573. The van der Waals surface area contributed by atoms with Crippen molar-refractivity contribution in [2.24, 2.45) is 0 Å². The normalized spacial score (nSPS) is 12.4. The molecule has 7 aromatic rings. The van der Waals surface area contributed by atoms with Gasteiger partial charge < -0.3 is 4.42 Å². The lowest BCUT2D eigenvalue weighted by Crippen LogP contribution is -2.10. The maximum Gasteiger partial charge on any atom is 0.143 e. The van der Waals surface area contributed by atoms with Crippen LogP contribution in [0.5, 0.6) is 0 Å². The van der Waals surface area contributed by atoms with Gasteiger partial charge in [0.05, 0.1) is 0 Å². The van der Waals surface area contributed by atoms with Gasteiger partial charge in [0.15, 0.2) is 0 Å². The highest BCUT2D eigenvalue weighted by atomic mass is 16.3. The predicted octanol–water partition coefficient (Wildman–Crippen LogP) is 10.0. The van der Waals surface area contributed by atoms with Crippen LogP contribution in [0.15, 0.2) is 108 Å². The summed E-state index contributed by atoms with van der Waals surface area (Å²) in [5.41, 5.74) is 5.53. The first kappa shape index (κ1) is 20.3. The number of hydrogen-bond acceptors (Lipinski definition) is 1. The van der Waals surface area contributed by atoms with Gasteiger partial charge in [-0.15, -0.1) is 0 Å². The molecule has 0 amide bonds. The number of fused-ring (bicyclic) bond motifs is 9. The molecule has 0 unspecified atom stereocenters. The van der Waals surface area contributed by atoms with E-state index in [1.807, 2.05) is 0 Å². The summed E-state index contributed by atoms with van der Waals surface area (Å²) in [5.74, 6) is 0. The fourth-order valence-electron chi connectivity index (χ4n) is 5.71. The van der Waals surface area contributed by atoms with E-state index in [0.717, 1.165) is 16.7 Å². The van der Waals surface area contributed by atoms with Crippen LogP contribution in [0.2, 0.25) is 0 Å². The first-order valence-electron chi connectivity index (χ1n) is 12.3. The number of benzene rings is 6. The molecule has 0 radical (unpaired) electrons. The maximum atomic E-state index is 6.67. The molecule has 0 saturated carbocycles. The number of furan rings is 1. The fourth-order valence-corrected chi connectivity index (χ4v) is 5.71. The molecule has 35 heavy (non-hydrogen) atoms. The third-order valence-corrected chi connectivity index (χ3v) is 7.39. The highest BCUT2D eigenvalue weighted by Crippen LogP contribution is 2.42. The third-order valence-electron chi connectivity index (χ3n) is 7.39. The SMILES string of the molecule is CC(C)(C)c1cccc2c1oc1c(-c3ccc4c5ccccc5c5ccccc5c4c3)cccc12. The van der Waals surface area contributed by atoms with Gasteiger partial charge in [-0.2, -0.15) is 0 Å². The molecule has 0 fully saturated rings. The van der Waals surface area contributed by atoms with Crippen molar-refractivity contribution in [2.75, 3.05) is 0 Å². The van der Waals surface area contributed by atoms with Crippen LogP contribution < -0.4 is 0 Å². The zero-order chi connectivity index (χ0) is 23.7. The average Bonchev–Trinajstić information content (AvgIpc) is 3.27. The van der Waals surface area contributed by atoms with Crippen molar-refractivity contribution in [2.45, 2.75) is 26.2 Å². The predicted molar refractivity (Wildman–Crippen MR) is 150 cm³/mol. The Labute approximate surface area is 204 Å². The van der Waals surface area contributed by atoms with E-state index in [4.69, 9.17) is 4.42 Å². The molecule has 168 valence electrons. The van der Waals surface area contributed by atoms with E-state index in [1.165, 1.54) is 54.2 Å². The smallest absolute Gasteiger partial charge is 0.143 e. The van der Waals surface area contributed by atoms with E-state index in [9.17, 15) is 0 Å². The van der Waals surface area contributed by atoms with Crippen molar-refractivity contribution in [3.8, 4) is 11.1 Å². The van der Waals surface area contributed by atoms with Gasteiger partial charge in [0.1, 0.15) is 11.2 Å². The Morgan fingerprint density at radius 3 is 1.60 bits per heavy atom. The molecule has 1 aromatic heterocycles. The van der Waals surface area contributed by atoms with Crippen LogP contribution in [0.4, 0.5) is 0 Å². The zero-order valence-corrected chi connectivity index (χ0v) is 20.2. The van der Waals surface area contributed by atoms with Gasteiger partial charge in [0, 0.05) is 21.9 Å². The van der Waals surface area contributed by atoms with Crippen LogP contribution in [0.25, 0.3) is 65.4 Å². The summed E-state index contributed by atoms with van der Waals surface area (Å²) in [6.45, 7) is 6.73. The molecule has 1 heterocycles. The number of para-hydroxylation sites is 2. The lowest BCUT2D eigenvalue weighted by atomic mass is 9.86. The second-order valence-electron chi connectivity index (χ2n) is 10.6. The summed E-state index contributed by atoms with van der Waals surface area (Å²) in [6.07, 6.45) is 0. The van der Waals surface area contributed by atoms with E-state index >= 15 is 0 Å². The molecule has 6 aromatic carbocycles. The molecule has 7 rings (SSSR count). The second-order valence-corrected chi connectivity index (χ2v) is 10.6. The summed E-state index contributed by atoms with van der Waals surface area (Å²) < 4.78 is 6.67. The van der Waals surface area contributed by atoms with Gasteiger partial charge in [0.25, 0.3) is 0 Å². The molecule has 0 aliphatic rings. The molecule has 0 aliphatic heterocycles. The minimum absolute atomic E-state index is 0.0104. The quantitative estimate of drug-likeness (QED) is 0.227. The van der Waals surface area contributed by atoms with Crippen LogP contribution in [0, 0.1) is 0 Å². The molecular weight excluding hydrogens is 424 g/mol. The van der Waals surface area contributed by atoms with E-state index in [0.29, 0.717) is 0 Å². The Kier molecular flexibility index (Phi) is 4.17. The van der Waals surface area contributed by atoms with Crippen molar-refractivity contribution in [1.29, 1.82) is 0 Å². The maximum absolute atomic E-state index is 6.67. The highest BCUT2D eigenvalue weighted by Gasteiger charge is 2.21. The molecule has 1 heteroatoms. The molecule has 0 spiro atoms. The molecule has 0 N–H and O–H groups in total. The van der Waals surface area contributed by atoms with Crippen LogP contribution in [0.3, 0.4) is 0 Å². The summed E-state index contributed by atoms with van der Waals surface area (Å²) in [5, 5.41) is 10.1. The first-order chi connectivity index (χ1) is 17.0. The standard InChI is InChI=1S/C34H26O/c1-34(2,3)31-17-9-16-29-28-15-8-14-22(32(28)35-33(29)31)21-18-19-27-25-12-5-4-10-23(25)24-11-6-7-13-26(24)30(27)20-21/h4-20H,1-3H3. The molecule has 1 nitrogen and oxygen atoms in total. The minimum atomic E-state index is 0.0104. The Morgan fingerprint density at radius 2 is 0.971 bits per heavy atom. The Bertz CT molecular complexity index is 1890. The third kappa shape index (κ3) is 2.94. The van der Waals surface area contributed by atoms with Crippen molar-refractivity contribution in [3.05, 3.63) is 109 Å². The van der Waals surface area contributed by atoms with Gasteiger partial charge >= 0.3 is 0 Å². The average molecular weight is 451 g/mol. The first-order valence-corrected chi connectivity index (χ1v) is 12.3. The van der Waals surface area contributed by atoms with Gasteiger partial charge in [-0.1, -0.05) is 118 Å². The zero-order valence-electron chi connectivity index (χ0n) is 20.2. The Balaban J connectivity index is 1.56. The fraction of sp³-hybridized carbons (Fsp3) is 0.118. The second kappa shape index (κ2) is 7.20. The Morgan fingerprint density at radius 1 is 0.457 bits per heavy atom. The molecule has 0 saturated heterocycles. The molecule has 0 aliphatic carbocycles.